The van der Waals surface area contributed by atoms with Crippen LogP contribution in [0.3, 0.4) is 0 Å². The second-order valence-corrected chi connectivity index (χ2v) is 9.19. The molecule has 0 spiro atoms. The average Bonchev–Trinajstić information content (AvgIpc) is 3.55. The second-order valence-electron chi connectivity index (χ2n) is 9.19. The standard InChI is InChI=1S/C23H30FN5O.C2HF3O2/c24-18-7-3-8-19(14-18)28-23-27-15-20(17-9-10-17)22(29-23)26-12-4-11-25-21(30)13-16-5-1-2-6-16;3-2(4,5)1(6)7/h3,7-8,14-17H,1-2,4-6,9-13H2,(H,25,30)(H2,26,27,28,29);(H,6,7). The molecule has 2 fully saturated rings. The van der Waals surface area contributed by atoms with Crippen LogP contribution in [0.15, 0.2) is 30.5 Å². The molecular formula is C25H31F4N5O3. The normalized spacial score (nSPS) is 15.5. The van der Waals surface area contributed by atoms with Crippen LogP contribution in [-0.4, -0.2) is 46.2 Å². The van der Waals surface area contributed by atoms with Crippen molar-refractivity contribution in [1.82, 2.24) is 15.3 Å². The third-order valence-electron chi connectivity index (χ3n) is 6.07. The van der Waals surface area contributed by atoms with Gasteiger partial charge < -0.3 is 21.1 Å². The molecule has 1 aromatic carbocycles. The van der Waals surface area contributed by atoms with Gasteiger partial charge in [0.1, 0.15) is 11.6 Å². The zero-order valence-corrected chi connectivity index (χ0v) is 20.3. The van der Waals surface area contributed by atoms with E-state index in [9.17, 15) is 22.4 Å². The quantitative estimate of drug-likeness (QED) is 0.244. The Kier molecular flexibility index (Phi) is 10.0. The van der Waals surface area contributed by atoms with Crippen LogP contribution >= 0.6 is 0 Å². The number of benzene rings is 1. The fraction of sp³-hybridized carbons (Fsp3) is 0.520. The molecule has 2 saturated carbocycles. The SMILES string of the molecule is O=C(CC1CCCC1)NCCCNc1nc(Nc2cccc(F)c2)ncc1C1CC1.O=C(O)C(F)(F)F. The third-order valence-corrected chi connectivity index (χ3v) is 6.07. The molecule has 0 radical (unpaired) electrons. The molecule has 202 valence electrons. The minimum atomic E-state index is -5.08. The number of nitrogens with one attached hydrogen (secondary N) is 3. The number of carboxylic acid groups (broad SMARTS) is 1. The van der Waals surface area contributed by atoms with Crippen LogP contribution in [0, 0.1) is 11.7 Å². The first-order chi connectivity index (χ1) is 17.6. The highest BCUT2D eigenvalue weighted by molar-refractivity contribution is 5.76. The van der Waals surface area contributed by atoms with E-state index in [-0.39, 0.29) is 11.7 Å². The molecule has 0 aliphatic heterocycles. The van der Waals surface area contributed by atoms with Crippen molar-refractivity contribution in [2.45, 2.75) is 63.5 Å². The second kappa shape index (κ2) is 13.2. The van der Waals surface area contributed by atoms with Gasteiger partial charge in [0.25, 0.3) is 0 Å². The van der Waals surface area contributed by atoms with E-state index in [1.807, 2.05) is 6.20 Å². The Bertz CT molecular complexity index is 1060. The Morgan fingerprint density at radius 1 is 1.08 bits per heavy atom. The molecule has 12 heteroatoms. The molecule has 37 heavy (non-hydrogen) atoms. The van der Waals surface area contributed by atoms with Crippen molar-refractivity contribution in [3.63, 3.8) is 0 Å². The summed E-state index contributed by atoms with van der Waals surface area (Å²) in [5, 5.41) is 16.6. The number of carbonyl (C=O) groups is 2. The molecule has 0 unspecified atom stereocenters. The number of anilines is 3. The van der Waals surface area contributed by atoms with E-state index >= 15 is 0 Å². The van der Waals surface area contributed by atoms with Crippen molar-refractivity contribution in [2.24, 2.45) is 5.92 Å². The fourth-order valence-electron chi connectivity index (χ4n) is 4.05. The van der Waals surface area contributed by atoms with E-state index in [4.69, 9.17) is 9.90 Å². The summed E-state index contributed by atoms with van der Waals surface area (Å²) >= 11 is 0. The molecule has 0 atom stereocenters. The van der Waals surface area contributed by atoms with Crippen molar-refractivity contribution >= 4 is 29.3 Å². The zero-order valence-electron chi connectivity index (χ0n) is 20.3. The first-order valence-electron chi connectivity index (χ1n) is 12.3. The molecule has 4 N–H and O–H groups in total. The Labute approximate surface area is 212 Å². The number of alkyl halides is 3. The molecule has 0 saturated heterocycles. The first-order valence-corrected chi connectivity index (χ1v) is 12.3. The van der Waals surface area contributed by atoms with E-state index in [1.54, 1.807) is 12.1 Å². The van der Waals surface area contributed by atoms with Crippen LogP contribution in [0.25, 0.3) is 0 Å². The van der Waals surface area contributed by atoms with Crippen molar-refractivity contribution in [3.8, 4) is 0 Å². The molecule has 0 bridgehead atoms. The van der Waals surface area contributed by atoms with Gasteiger partial charge in [0.15, 0.2) is 0 Å². The monoisotopic (exact) mass is 525 g/mol. The number of hydrogen-bond acceptors (Lipinski definition) is 6. The van der Waals surface area contributed by atoms with Gasteiger partial charge in [0.05, 0.1) is 0 Å². The van der Waals surface area contributed by atoms with Crippen molar-refractivity contribution in [1.29, 1.82) is 0 Å². The van der Waals surface area contributed by atoms with Crippen LogP contribution in [-0.2, 0) is 9.59 Å². The third kappa shape index (κ3) is 9.85. The number of rotatable bonds is 10. The Balaban J connectivity index is 0.000000479. The van der Waals surface area contributed by atoms with Gasteiger partial charge >= 0.3 is 12.1 Å². The largest absolute Gasteiger partial charge is 0.490 e. The Morgan fingerprint density at radius 3 is 2.41 bits per heavy atom. The topological polar surface area (TPSA) is 116 Å². The molecule has 1 heterocycles. The molecular weight excluding hydrogens is 494 g/mol. The summed E-state index contributed by atoms with van der Waals surface area (Å²) < 4.78 is 45.1. The van der Waals surface area contributed by atoms with Crippen LogP contribution < -0.4 is 16.0 Å². The maximum atomic E-state index is 13.4. The summed E-state index contributed by atoms with van der Waals surface area (Å²) in [5.41, 5.74) is 1.75. The van der Waals surface area contributed by atoms with Gasteiger partial charge in [0.2, 0.25) is 11.9 Å². The summed E-state index contributed by atoms with van der Waals surface area (Å²) in [5.74, 6) is -0.531. The lowest BCUT2D eigenvalue weighted by atomic mass is 10.0. The summed E-state index contributed by atoms with van der Waals surface area (Å²) in [4.78, 5) is 30.0. The molecule has 4 rings (SSSR count). The Morgan fingerprint density at radius 2 is 1.78 bits per heavy atom. The maximum absolute atomic E-state index is 13.4. The summed E-state index contributed by atoms with van der Waals surface area (Å²) in [7, 11) is 0. The van der Waals surface area contributed by atoms with E-state index in [0.717, 1.165) is 37.2 Å². The van der Waals surface area contributed by atoms with E-state index < -0.39 is 12.1 Å². The lowest BCUT2D eigenvalue weighted by Crippen LogP contribution is -2.27. The smallest absolute Gasteiger partial charge is 0.475 e. The van der Waals surface area contributed by atoms with Crippen LogP contribution in [0.4, 0.5) is 35.0 Å². The number of hydrogen-bond donors (Lipinski definition) is 4. The summed E-state index contributed by atoms with van der Waals surface area (Å²) in [6.45, 7) is 1.39. The predicted octanol–water partition coefficient (Wildman–Crippen LogP) is 5.37. The number of nitrogens with zero attached hydrogens (tertiary/aromatic N) is 2. The minimum absolute atomic E-state index is 0.171. The van der Waals surface area contributed by atoms with E-state index in [1.165, 1.54) is 37.8 Å². The molecule has 2 aliphatic rings. The lowest BCUT2D eigenvalue weighted by molar-refractivity contribution is -0.192. The molecule has 8 nitrogen and oxygen atoms in total. The molecule has 1 amide bonds. The van der Waals surface area contributed by atoms with Gasteiger partial charge in [-0.1, -0.05) is 18.9 Å². The van der Waals surface area contributed by atoms with Gasteiger partial charge in [-0.3, -0.25) is 4.79 Å². The number of carboxylic acids is 1. The van der Waals surface area contributed by atoms with Gasteiger partial charge in [-0.05, 0) is 62.1 Å². The van der Waals surface area contributed by atoms with Crippen LogP contribution in [0.2, 0.25) is 0 Å². The summed E-state index contributed by atoms with van der Waals surface area (Å²) in [6.07, 6.45) is 5.50. The van der Waals surface area contributed by atoms with Crippen molar-refractivity contribution in [2.75, 3.05) is 23.7 Å². The summed E-state index contributed by atoms with van der Waals surface area (Å²) in [6, 6.07) is 6.25. The van der Waals surface area contributed by atoms with Crippen LogP contribution in [0.5, 0.6) is 0 Å². The van der Waals surface area contributed by atoms with Gasteiger partial charge in [-0.15, -0.1) is 0 Å². The number of halogens is 4. The van der Waals surface area contributed by atoms with Crippen molar-refractivity contribution in [3.05, 3.63) is 41.8 Å². The van der Waals surface area contributed by atoms with Gasteiger partial charge in [-0.25, -0.2) is 14.2 Å². The highest BCUT2D eigenvalue weighted by atomic mass is 19.4. The van der Waals surface area contributed by atoms with E-state index in [2.05, 4.69) is 25.9 Å². The first kappa shape index (κ1) is 28.1. The van der Waals surface area contributed by atoms with Crippen LogP contribution in [0.1, 0.15) is 62.8 Å². The zero-order chi connectivity index (χ0) is 26.8. The minimum Gasteiger partial charge on any atom is -0.475 e. The number of aromatic nitrogens is 2. The number of carbonyl (C=O) groups excluding carboxylic acids is 1. The number of aliphatic carboxylic acids is 1. The predicted molar refractivity (Wildman–Crippen MR) is 130 cm³/mol. The van der Waals surface area contributed by atoms with Gasteiger partial charge in [-0.2, -0.15) is 18.2 Å². The Hall–Kier alpha value is -3.44. The maximum Gasteiger partial charge on any atom is 0.490 e. The van der Waals surface area contributed by atoms with E-state index in [0.29, 0.717) is 36.4 Å². The van der Waals surface area contributed by atoms with Crippen molar-refractivity contribution < 1.29 is 32.3 Å². The lowest BCUT2D eigenvalue weighted by Gasteiger charge is -2.13. The average molecular weight is 526 g/mol. The molecule has 2 aliphatic carbocycles. The number of amides is 1. The van der Waals surface area contributed by atoms with Gasteiger partial charge in [0, 0.05) is 37.0 Å². The molecule has 2 aromatic rings. The molecule has 1 aromatic heterocycles. The fourth-order valence-corrected chi connectivity index (χ4v) is 4.05. The highest BCUT2D eigenvalue weighted by Crippen LogP contribution is 2.42. The highest BCUT2D eigenvalue weighted by Gasteiger charge is 2.38.